The highest BCUT2D eigenvalue weighted by molar-refractivity contribution is 7.89. The molecule has 2 fully saturated rings. The molecule has 35 heavy (non-hydrogen) atoms. The maximum Gasteiger partial charge on any atom is 0.245 e. The van der Waals surface area contributed by atoms with Crippen molar-refractivity contribution in [1.82, 2.24) is 14.2 Å². The standard InChI is InChI=1S/C28H34N4O2S/c33-35(34,27-9-3-5-23-6-4-14-29-28(23)27)32-19-17-31(18-20-32)26-11-10-22-12-15-30(16-13-24(22)21-26)25-7-1-2-8-25/h3-6,9-11,14,21,25H,1-2,7-8,12-13,15-20H2. The van der Waals surface area contributed by atoms with E-state index in [-0.39, 0.29) is 0 Å². The smallest absolute Gasteiger partial charge is 0.245 e. The van der Waals surface area contributed by atoms with Crippen LogP contribution in [-0.2, 0) is 22.9 Å². The third kappa shape index (κ3) is 4.46. The summed E-state index contributed by atoms with van der Waals surface area (Å²) in [4.78, 5) is 9.73. The van der Waals surface area contributed by atoms with Crippen molar-refractivity contribution >= 4 is 26.6 Å². The van der Waals surface area contributed by atoms with Crippen LogP contribution in [-0.4, -0.2) is 67.9 Å². The summed E-state index contributed by atoms with van der Waals surface area (Å²) in [5.74, 6) is 0. The lowest BCUT2D eigenvalue weighted by molar-refractivity contribution is 0.208. The number of rotatable bonds is 4. The van der Waals surface area contributed by atoms with Gasteiger partial charge in [0.15, 0.2) is 0 Å². The lowest BCUT2D eigenvalue weighted by Gasteiger charge is -2.35. The number of pyridine rings is 1. The Balaban J connectivity index is 1.15. The van der Waals surface area contributed by atoms with Crippen LogP contribution < -0.4 is 4.90 Å². The Kier molecular flexibility index (Phi) is 6.25. The van der Waals surface area contributed by atoms with Crippen LogP contribution in [0.2, 0.25) is 0 Å². The minimum Gasteiger partial charge on any atom is -0.369 e. The first kappa shape index (κ1) is 23.0. The molecule has 0 spiro atoms. The lowest BCUT2D eigenvalue weighted by atomic mass is 10.0. The molecule has 0 atom stereocenters. The second-order valence-electron chi connectivity index (χ2n) is 10.1. The van der Waals surface area contributed by atoms with Crippen LogP contribution in [0.3, 0.4) is 0 Å². The van der Waals surface area contributed by atoms with Crippen molar-refractivity contribution in [3.8, 4) is 0 Å². The predicted octanol–water partition coefficient (Wildman–Crippen LogP) is 4.09. The molecule has 0 bridgehead atoms. The molecule has 3 aromatic rings. The van der Waals surface area contributed by atoms with Gasteiger partial charge in [-0.3, -0.25) is 9.88 Å². The van der Waals surface area contributed by atoms with Gasteiger partial charge in [0.1, 0.15) is 4.90 Å². The third-order valence-electron chi connectivity index (χ3n) is 8.18. The van der Waals surface area contributed by atoms with Crippen molar-refractivity contribution in [2.45, 2.75) is 49.5 Å². The molecule has 3 aliphatic rings. The molecule has 0 amide bonds. The molecule has 1 aliphatic carbocycles. The van der Waals surface area contributed by atoms with E-state index in [9.17, 15) is 8.42 Å². The van der Waals surface area contributed by atoms with Crippen LogP contribution in [0.4, 0.5) is 5.69 Å². The Morgan fingerprint density at radius 3 is 2.34 bits per heavy atom. The molecule has 6 nitrogen and oxygen atoms in total. The van der Waals surface area contributed by atoms with E-state index in [1.54, 1.807) is 22.6 Å². The molecular formula is C28H34N4O2S. The number of aromatic nitrogens is 1. The highest BCUT2D eigenvalue weighted by Gasteiger charge is 2.31. The minimum atomic E-state index is -3.59. The second kappa shape index (κ2) is 9.52. The molecular weight excluding hydrogens is 456 g/mol. The molecule has 1 aromatic heterocycles. The highest BCUT2D eigenvalue weighted by atomic mass is 32.2. The average molecular weight is 491 g/mol. The van der Waals surface area contributed by atoms with Crippen molar-refractivity contribution in [3.05, 3.63) is 65.9 Å². The number of nitrogens with zero attached hydrogens (tertiary/aromatic N) is 4. The predicted molar refractivity (Wildman–Crippen MR) is 140 cm³/mol. The zero-order chi connectivity index (χ0) is 23.8. The molecule has 2 aliphatic heterocycles. The normalized spacial score (nSPS) is 20.7. The van der Waals surface area contributed by atoms with Crippen molar-refractivity contribution in [2.24, 2.45) is 0 Å². The first-order valence-corrected chi connectivity index (χ1v) is 14.5. The number of sulfonamides is 1. The van der Waals surface area contributed by atoms with E-state index >= 15 is 0 Å². The number of piperazine rings is 1. The van der Waals surface area contributed by atoms with E-state index < -0.39 is 10.0 Å². The van der Waals surface area contributed by atoms with Crippen LogP contribution in [0.1, 0.15) is 36.8 Å². The van der Waals surface area contributed by atoms with Crippen LogP contribution in [0.15, 0.2) is 59.6 Å². The fourth-order valence-electron chi connectivity index (χ4n) is 6.17. The van der Waals surface area contributed by atoms with Gasteiger partial charge in [-0.25, -0.2) is 8.42 Å². The molecule has 0 radical (unpaired) electrons. The lowest BCUT2D eigenvalue weighted by Crippen LogP contribution is -2.48. The number of para-hydroxylation sites is 1. The van der Waals surface area contributed by atoms with Gasteiger partial charge in [-0.05, 0) is 61.1 Å². The largest absolute Gasteiger partial charge is 0.369 e. The number of hydrogen-bond donors (Lipinski definition) is 0. The van der Waals surface area contributed by atoms with Crippen LogP contribution in [0.25, 0.3) is 10.9 Å². The molecule has 1 saturated carbocycles. The molecule has 0 unspecified atom stereocenters. The van der Waals surface area contributed by atoms with Crippen molar-refractivity contribution in [2.75, 3.05) is 44.2 Å². The fourth-order valence-corrected chi connectivity index (χ4v) is 7.76. The molecule has 3 heterocycles. The summed E-state index contributed by atoms with van der Waals surface area (Å²) in [6.45, 7) is 4.70. The van der Waals surface area contributed by atoms with Gasteiger partial charge in [-0.2, -0.15) is 4.31 Å². The molecule has 1 saturated heterocycles. The average Bonchev–Trinajstić information content (AvgIpc) is 3.35. The Morgan fingerprint density at radius 2 is 1.54 bits per heavy atom. The quantitative estimate of drug-likeness (QED) is 0.551. The number of benzene rings is 2. The second-order valence-corrected chi connectivity index (χ2v) is 12.1. The van der Waals surface area contributed by atoms with Gasteiger partial charge >= 0.3 is 0 Å². The summed E-state index contributed by atoms with van der Waals surface area (Å²) in [6.07, 6.45) is 9.41. The zero-order valence-electron chi connectivity index (χ0n) is 20.3. The van der Waals surface area contributed by atoms with E-state index in [2.05, 4.69) is 33.0 Å². The van der Waals surface area contributed by atoms with Gasteiger partial charge < -0.3 is 4.90 Å². The van der Waals surface area contributed by atoms with Crippen LogP contribution in [0, 0.1) is 0 Å². The van der Waals surface area contributed by atoms with E-state index in [1.807, 2.05) is 18.2 Å². The minimum absolute atomic E-state index is 0.306. The maximum absolute atomic E-state index is 13.5. The zero-order valence-corrected chi connectivity index (χ0v) is 21.1. The van der Waals surface area contributed by atoms with Gasteiger partial charge in [0.2, 0.25) is 10.0 Å². The van der Waals surface area contributed by atoms with Crippen LogP contribution in [0.5, 0.6) is 0 Å². The monoisotopic (exact) mass is 490 g/mol. The topological polar surface area (TPSA) is 56.8 Å². The first-order chi connectivity index (χ1) is 17.1. The summed E-state index contributed by atoms with van der Waals surface area (Å²) in [5.41, 5.74) is 4.73. The van der Waals surface area contributed by atoms with Crippen molar-refractivity contribution in [1.29, 1.82) is 0 Å². The third-order valence-corrected chi connectivity index (χ3v) is 10.1. The molecule has 184 valence electrons. The number of fused-ring (bicyclic) bond motifs is 2. The molecule has 0 N–H and O–H groups in total. The van der Waals surface area contributed by atoms with Gasteiger partial charge in [-0.15, -0.1) is 0 Å². The molecule has 2 aromatic carbocycles. The number of anilines is 1. The van der Waals surface area contributed by atoms with Gasteiger partial charge in [-0.1, -0.05) is 37.1 Å². The van der Waals surface area contributed by atoms with Gasteiger partial charge in [0, 0.05) is 62.6 Å². The fraction of sp³-hybridized carbons (Fsp3) is 0.464. The van der Waals surface area contributed by atoms with E-state index in [1.165, 1.54) is 49.0 Å². The van der Waals surface area contributed by atoms with Gasteiger partial charge in [0.05, 0.1) is 5.52 Å². The van der Waals surface area contributed by atoms with Crippen molar-refractivity contribution in [3.63, 3.8) is 0 Å². The Morgan fingerprint density at radius 1 is 0.800 bits per heavy atom. The number of hydrogen-bond acceptors (Lipinski definition) is 5. The van der Waals surface area contributed by atoms with Gasteiger partial charge in [0.25, 0.3) is 0 Å². The van der Waals surface area contributed by atoms with Crippen molar-refractivity contribution < 1.29 is 8.42 Å². The SMILES string of the molecule is O=S(=O)(c1cccc2cccnc12)N1CCN(c2ccc3c(c2)CCN(C2CCCC2)CC3)CC1. The Hall–Kier alpha value is -2.48. The summed E-state index contributed by atoms with van der Waals surface area (Å²) in [7, 11) is -3.59. The summed E-state index contributed by atoms with van der Waals surface area (Å²) >= 11 is 0. The van der Waals surface area contributed by atoms with E-state index in [0.29, 0.717) is 36.6 Å². The summed E-state index contributed by atoms with van der Waals surface area (Å²) in [6, 6.07) is 16.8. The highest BCUT2D eigenvalue weighted by Crippen LogP contribution is 2.30. The Labute approximate surface area is 208 Å². The summed E-state index contributed by atoms with van der Waals surface area (Å²) < 4.78 is 28.6. The van der Waals surface area contributed by atoms with E-state index in [0.717, 1.165) is 30.8 Å². The molecule has 7 heteroatoms. The first-order valence-electron chi connectivity index (χ1n) is 13.0. The maximum atomic E-state index is 13.5. The van der Waals surface area contributed by atoms with Crippen LogP contribution >= 0.6 is 0 Å². The molecule has 6 rings (SSSR count). The van der Waals surface area contributed by atoms with E-state index in [4.69, 9.17) is 0 Å². The Bertz CT molecular complexity index is 1310. The summed E-state index contributed by atoms with van der Waals surface area (Å²) in [5, 5.41) is 0.851.